The summed E-state index contributed by atoms with van der Waals surface area (Å²) in [6, 6.07) is 26.1. The normalized spacial score (nSPS) is 10.9. The lowest BCUT2D eigenvalue weighted by molar-refractivity contribution is 0.0923. The molecule has 0 atom stereocenters. The molecule has 2 heterocycles. The van der Waals surface area contributed by atoms with Gasteiger partial charge in [0, 0.05) is 32.7 Å². The Morgan fingerprint density at radius 3 is 2.49 bits per heavy atom. The number of hydrogen-bond donors (Lipinski definition) is 1. The van der Waals surface area contributed by atoms with Crippen LogP contribution in [0, 0.1) is 25.2 Å². The minimum atomic E-state index is -0.537. The van der Waals surface area contributed by atoms with Crippen molar-refractivity contribution in [2.45, 2.75) is 27.1 Å². The molecular weight excluding hydrogens is 660 g/mol. The number of hydrazone groups is 1. The van der Waals surface area contributed by atoms with Crippen LogP contribution < -0.4 is 19.6 Å². The van der Waals surface area contributed by atoms with Crippen LogP contribution in [-0.4, -0.2) is 23.8 Å². The molecule has 1 N–H and O–H groups in total. The zero-order valence-corrected chi connectivity index (χ0v) is 27.0. The Labute approximate surface area is 273 Å². The van der Waals surface area contributed by atoms with Gasteiger partial charge in [-0.3, -0.25) is 4.79 Å². The number of rotatable bonds is 11. The number of aryl methyl sites for hydroxylation is 2. The van der Waals surface area contributed by atoms with Gasteiger partial charge in [-0.25, -0.2) is 5.43 Å². The van der Waals surface area contributed by atoms with Crippen molar-refractivity contribution >= 4 is 39.7 Å². The van der Waals surface area contributed by atoms with Crippen LogP contribution in [0.3, 0.4) is 0 Å². The smallest absolute Gasteiger partial charge is 0.307 e. The second-order valence-electron chi connectivity index (χ2n) is 9.88. The molecule has 228 valence electrons. The van der Waals surface area contributed by atoms with Crippen LogP contribution >= 0.6 is 27.5 Å². The number of hydrogen-bond acceptors (Lipinski definition) is 7. The van der Waals surface area contributed by atoms with Crippen LogP contribution in [-0.2, 0) is 13.2 Å². The van der Waals surface area contributed by atoms with Gasteiger partial charge in [0.05, 0.1) is 25.0 Å². The molecule has 0 aliphatic rings. The van der Waals surface area contributed by atoms with Crippen LogP contribution in [0.1, 0.15) is 44.4 Å². The van der Waals surface area contributed by atoms with Gasteiger partial charge in [-0.15, -0.1) is 0 Å². The lowest BCUT2D eigenvalue weighted by atomic mass is 10.1. The molecule has 0 radical (unpaired) electrons. The molecular formula is C34H28BrClN4O5. The Balaban J connectivity index is 1.18. The Morgan fingerprint density at radius 2 is 1.78 bits per heavy atom. The van der Waals surface area contributed by atoms with Crippen LogP contribution in [0.2, 0.25) is 5.02 Å². The van der Waals surface area contributed by atoms with Crippen molar-refractivity contribution < 1.29 is 23.4 Å². The van der Waals surface area contributed by atoms with Crippen molar-refractivity contribution in [3.05, 3.63) is 128 Å². The third kappa shape index (κ3) is 7.23. The molecule has 3 aromatic carbocycles. The standard InChI is InChI=1S/C34H28BrClN4O5/c1-21-8-9-22(2)40(21)26-10-12-27(13-11-26)43-20-28-14-15-29(45-28)34(41)39-38-18-25-16-30(42-3)33(32(36)31(25)35)44-19-24-7-5-4-6-23(24)17-37/h4-16,18H,19-20H2,1-3H3,(H,39,41)/b38-18+. The van der Waals surface area contributed by atoms with E-state index in [1.54, 1.807) is 36.4 Å². The van der Waals surface area contributed by atoms with Crippen molar-refractivity contribution in [1.82, 2.24) is 9.99 Å². The van der Waals surface area contributed by atoms with E-state index in [1.807, 2.05) is 30.3 Å². The highest BCUT2D eigenvalue weighted by Gasteiger charge is 2.18. The number of furan rings is 1. The number of aromatic nitrogens is 1. The van der Waals surface area contributed by atoms with Gasteiger partial charge in [-0.2, -0.15) is 10.4 Å². The largest absolute Gasteiger partial charge is 0.493 e. The molecule has 1 amide bonds. The lowest BCUT2D eigenvalue weighted by Crippen LogP contribution is -2.16. The number of halogens is 2. The van der Waals surface area contributed by atoms with Crippen LogP contribution in [0.4, 0.5) is 0 Å². The predicted molar refractivity (Wildman–Crippen MR) is 175 cm³/mol. The average Bonchev–Trinajstić information content (AvgIpc) is 3.67. The Hall–Kier alpha value is -4.98. The van der Waals surface area contributed by atoms with E-state index >= 15 is 0 Å². The maximum Gasteiger partial charge on any atom is 0.307 e. The summed E-state index contributed by atoms with van der Waals surface area (Å²) in [6.07, 6.45) is 1.42. The van der Waals surface area contributed by atoms with Gasteiger partial charge in [-0.05, 0) is 90.4 Å². The number of benzene rings is 3. The highest BCUT2D eigenvalue weighted by Crippen LogP contribution is 2.42. The zero-order valence-electron chi connectivity index (χ0n) is 24.6. The first-order chi connectivity index (χ1) is 21.8. The summed E-state index contributed by atoms with van der Waals surface area (Å²) < 4.78 is 25.6. The fourth-order valence-electron chi connectivity index (χ4n) is 4.60. The van der Waals surface area contributed by atoms with E-state index in [9.17, 15) is 10.1 Å². The average molecular weight is 688 g/mol. The molecule has 0 aliphatic carbocycles. The van der Waals surface area contributed by atoms with Crippen molar-refractivity contribution in [3.63, 3.8) is 0 Å². The van der Waals surface area contributed by atoms with Crippen molar-refractivity contribution in [3.8, 4) is 29.0 Å². The molecule has 9 nitrogen and oxygen atoms in total. The molecule has 11 heteroatoms. The molecule has 0 aliphatic heterocycles. The summed E-state index contributed by atoms with van der Waals surface area (Å²) in [5.74, 6) is 1.35. The van der Waals surface area contributed by atoms with Crippen molar-refractivity contribution in [1.29, 1.82) is 5.26 Å². The Bertz CT molecular complexity index is 1890. The SMILES string of the molecule is COc1cc(/C=N/NC(=O)c2ccc(COc3ccc(-n4c(C)ccc4C)cc3)o2)c(Br)c(Cl)c1OCc1ccccc1C#N. The number of nitrogens with zero attached hydrogens (tertiary/aromatic N) is 3. The summed E-state index contributed by atoms with van der Waals surface area (Å²) in [4.78, 5) is 12.7. The lowest BCUT2D eigenvalue weighted by Gasteiger charge is -2.15. The molecule has 0 unspecified atom stereocenters. The Kier molecular flexibility index (Phi) is 9.92. The fourth-order valence-corrected chi connectivity index (χ4v) is 5.26. The topological polar surface area (TPSA) is 111 Å². The van der Waals surface area contributed by atoms with E-state index in [4.69, 9.17) is 30.2 Å². The van der Waals surface area contributed by atoms with E-state index in [2.05, 4.69) is 63.1 Å². The zero-order chi connectivity index (χ0) is 31.9. The number of methoxy groups -OCH3 is 1. The number of nitrogens with one attached hydrogen (secondary N) is 1. The van der Waals surface area contributed by atoms with E-state index in [0.29, 0.717) is 44.2 Å². The summed E-state index contributed by atoms with van der Waals surface area (Å²) in [5, 5.41) is 13.6. The van der Waals surface area contributed by atoms with Gasteiger partial charge in [0.25, 0.3) is 0 Å². The number of amides is 1. The van der Waals surface area contributed by atoms with Crippen LogP contribution in [0.5, 0.6) is 17.2 Å². The monoisotopic (exact) mass is 686 g/mol. The first-order valence-corrected chi connectivity index (χ1v) is 14.9. The first-order valence-electron chi connectivity index (χ1n) is 13.8. The van der Waals surface area contributed by atoms with Gasteiger partial charge in [0.2, 0.25) is 0 Å². The summed E-state index contributed by atoms with van der Waals surface area (Å²) in [7, 11) is 1.48. The molecule has 45 heavy (non-hydrogen) atoms. The number of carbonyl (C=O) groups excluding carboxylic acids is 1. The van der Waals surface area contributed by atoms with Crippen molar-refractivity contribution in [2.24, 2.45) is 5.10 Å². The molecule has 0 bridgehead atoms. The number of carbonyl (C=O) groups is 1. The molecule has 5 aromatic rings. The summed E-state index contributed by atoms with van der Waals surface area (Å²) in [6.45, 7) is 4.40. The molecule has 0 saturated heterocycles. The fraction of sp³-hybridized carbons (Fsp3) is 0.147. The quantitative estimate of drug-likeness (QED) is 0.112. The highest BCUT2D eigenvalue weighted by molar-refractivity contribution is 9.10. The van der Waals surface area contributed by atoms with Gasteiger partial charge in [0.1, 0.15) is 29.7 Å². The second kappa shape index (κ2) is 14.2. The van der Waals surface area contributed by atoms with Gasteiger partial charge in [-0.1, -0.05) is 29.8 Å². The molecule has 0 spiro atoms. The van der Waals surface area contributed by atoms with Crippen LogP contribution in [0.15, 0.2) is 92.9 Å². The molecule has 0 fully saturated rings. The predicted octanol–water partition coefficient (Wildman–Crippen LogP) is 7.91. The molecule has 0 saturated carbocycles. The van der Waals surface area contributed by atoms with E-state index in [0.717, 1.165) is 17.1 Å². The van der Waals surface area contributed by atoms with E-state index in [-0.39, 0.29) is 24.0 Å². The third-order valence-corrected chi connectivity index (χ3v) is 8.33. The summed E-state index contributed by atoms with van der Waals surface area (Å²) >= 11 is 10.0. The third-order valence-electron chi connectivity index (χ3n) is 6.89. The highest BCUT2D eigenvalue weighted by atomic mass is 79.9. The summed E-state index contributed by atoms with van der Waals surface area (Å²) in [5.41, 5.74) is 7.56. The van der Waals surface area contributed by atoms with E-state index < -0.39 is 5.91 Å². The van der Waals surface area contributed by atoms with Crippen LogP contribution in [0.25, 0.3) is 5.69 Å². The maximum atomic E-state index is 12.7. The van der Waals surface area contributed by atoms with E-state index in [1.165, 1.54) is 13.3 Å². The minimum Gasteiger partial charge on any atom is -0.493 e. The second-order valence-corrected chi connectivity index (χ2v) is 11.1. The van der Waals surface area contributed by atoms with Crippen molar-refractivity contribution in [2.75, 3.05) is 7.11 Å². The molecule has 5 rings (SSSR count). The molecule has 2 aromatic heterocycles. The first kappa shape index (κ1) is 31.4. The van der Waals surface area contributed by atoms with Gasteiger partial charge >= 0.3 is 5.91 Å². The minimum absolute atomic E-state index is 0.0794. The number of nitriles is 1. The maximum absolute atomic E-state index is 12.7. The Morgan fingerprint density at radius 1 is 1.04 bits per heavy atom. The number of ether oxygens (including phenoxy) is 3. The van der Waals surface area contributed by atoms with Gasteiger partial charge < -0.3 is 23.2 Å². The van der Waals surface area contributed by atoms with Gasteiger partial charge in [0.15, 0.2) is 17.3 Å².